The predicted molar refractivity (Wildman–Crippen MR) is 105 cm³/mol. The summed E-state index contributed by atoms with van der Waals surface area (Å²) >= 11 is 1.22. The summed E-state index contributed by atoms with van der Waals surface area (Å²) in [7, 11) is 0. The van der Waals surface area contributed by atoms with E-state index in [1.54, 1.807) is 6.92 Å². The largest absolute Gasteiger partial charge is 0.325 e. The SMILES string of the molecule is Cc1ccc(NC(=O)[C@@H](C)Sc2nc(-c3ccccc3)cc(=O)[nH]2)cc1. The van der Waals surface area contributed by atoms with E-state index in [9.17, 15) is 9.59 Å². The fraction of sp³-hybridized carbons (Fsp3) is 0.150. The van der Waals surface area contributed by atoms with E-state index in [0.29, 0.717) is 10.9 Å². The van der Waals surface area contributed by atoms with Crippen molar-refractivity contribution < 1.29 is 4.79 Å². The number of hydrogen-bond acceptors (Lipinski definition) is 4. The van der Waals surface area contributed by atoms with E-state index in [2.05, 4.69) is 15.3 Å². The molecule has 3 rings (SSSR count). The molecular formula is C20H19N3O2S. The molecule has 0 unspecified atom stereocenters. The second kappa shape index (κ2) is 8.01. The minimum absolute atomic E-state index is 0.147. The molecule has 0 fully saturated rings. The Hall–Kier alpha value is -2.86. The highest BCUT2D eigenvalue weighted by molar-refractivity contribution is 8.00. The van der Waals surface area contributed by atoms with Gasteiger partial charge in [-0.15, -0.1) is 0 Å². The Balaban J connectivity index is 1.73. The van der Waals surface area contributed by atoms with Crippen molar-refractivity contribution in [1.29, 1.82) is 0 Å². The first-order valence-corrected chi connectivity index (χ1v) is 9.10. The lowest BCUT2D eigenvalue weighted by Crippen LogP contribution is -2.23. The monoisotopic (exact) mass is 365 g/mol. The number of carbonyl (C=O) groups excluding carboxylic acids is 1. The summed E-state index contributed by atoms with van der Waals surface area (Å²) in [6.07, 6.45) is 0. The van der Waals surface area contributed by atoms with Crippen LogP contribution in [0.1, 0.15) is 12.5 Å². The molecule has 1 heterocycles. The van der Waals surface area contributed by atoms with Crippen LogP contribution in [0.25, 0.3) is 11.3 Å². The van der Waals surface area contributed by atoms with E-state index in [-0.39, 0.29) is 11.5 Å². The molecule has 2 aromatic carbocycles. The van der Waals surface area contributed by atoms with Crippen molar-refractivity contribution in [2.45, 2.75) is 24.3 Å². The molecule has 26 heavy (non-hydrogen) atoms. The molecule has 3 aromatic rings. The van der Waals surface area contributed by atoms with Crippen molar-refractivity contribution in [3.63, 3.8) is 0 Å². The lowest BCUT2D eigenvalue weighted by Gasteiger charge is -2.12. The molecule has 1 amide bonds. The van der Waals surface area contributed by atoms with Gasteiger partial charge in [-0.05, 0) is 26.0 Å². The molecular weight excluding hydrogens is 346 g/mol. The molecule has 0 aliphatic carbocycles. The van der Waals surface area contributed by atoms with Crippen LogP contribution in [0.2, 0.25) is 0 Å². The molecule has 0 bridgehead atoms. The summed E-state index contributed by atoms with van der Waals surface area (Å²) in [5.41, 5.74) is 3.07. The minimum Gasteiger partial charge on any atom is -0.325 e. The maximum absolute atomic E-state index is 12.4. The zero-order chi connectivity index (χ0) is 18.5. The van der Waals surface area contributed by atoms with Crippen LogP contribution in [0.3, 0.4) is 0 Å². The number of nitrogens with one attached hydrogen (secondary N) is 2. The average Bonchev–Trinajstić information content (AvgIpc) is 2.64. The van der Waals surface area contributed by atoms with Crippen LogP contribution in [0.15, 0.2) is 70.6 Å². The number of thioether (sulfide) groups is 1. The van der Waals surface area contributed by atoms with Crippen LogP contribution in [0.5, 0.6) is 0 Å². The first-order chi connectivity index (χ1) is 12.5. The molecule has 0 spiro atoms. The molecule has 5 nitrogen and oxygen atoms in total. The number of benzene rings is 2. The van der Waals surface area contributed by atoms with Gasteiger partial charge in [-0.2, -0.15) is 0 Å². The Morgan fingerprint density at radius 2 is 1.81 bits per heavy atom. The molecule has 1 aromatic heterocycles. The molecule has 2 N–H and O–H groups in total. The quantitative estimate of drug-likeness (QED) is 0.532. The number of H-pyrrole nitrogens is 1. The summed E-state index contributed by atoms with van der Waals surface area (Å²) in [6, 6.07) is 18.5. The summed E-state index contributed by atoms with van der Waals surface area (Å²) in [6.45, 7) is 3.77. The number of aryl methyl sites for hydroxylation is 1. The zero-order valence-corrected chi connectivity index (χ0v) is 15.3. The minimum atomic E-state index is -0.412. The standard InChI is InChI=1S/C20H19N3O2S/c1-13-8-10-16(11-9-13)21-19(25)14(2)26-20-22-17(12-18(24)23-20)15-6-4-3-5-7-15/h3-12,14H,1-2H3,(H,21,25)(H,22,23,24)/t14-/m1/s1. The molecule has 0 aliphatic rings. The van der Waals surface area contributed by atoms with Crippen molar-refractivity contribution in [2.24, 2.45) is 0 Å². The fourth-order valence-electron chi connectivity index (χ4n) is 2.35. The fourth-order valence-corrected chi connectivity index (χ4v) is 3.16. The first-order valence-electron chi connectivity index (χ1n) is 8.22. The summed E-state index contributed by atoms with van der Waals surface area (Å²) in [4.78, 5) is 31.5. The van der Waals surface area contributed by atoms with Crippen molar-refractivity contribution in [3.8, 4) is 11.3 Å². The molecule has 132 valence electrons. The van der Waals surface area contributed by atoms with Gasteiger partial charge in [0.15, 0.2) is 5.16 Å². The molecule has 6 heteroatoms. The second-order valence-electron chi connectivity index (χ2n) is 5.92. The van der Waals surface area contributed by atoms with Crippen molar-refractivity contribution in [3.05, 3.63) is 76.6 Å². The Morgan fingerprint density at radius 3 is 2.50 bits per heavy atom. The van der Waals surface area contributed by atoms with Gasteiger partial charge in [0.05, 0.1) is 10.9 Å². The van der Waals surface area contributed by atoms with Gasteiger partial charge < -0.3 is 10.3 Å². The normalized spacial score (nSPS) is 11.8. The third kappa shape index (κ3) is 4.61. The summed E-state index contributed by atoms with van der Waals surface area (Å²) < 4.78 is 0. The highest BCUT2D eigenvalue weighted by Crippen LogP contribution is 2.23. The first kappa shape index (κ1) is 17.9. The molecule has 0 aliphatic heterocycles. The maximum Gasteiger partial charge on any atom is 0.252 e. The van der Waals surface area contributed by atoms with Gasteiger partial charge in [0.2, 0.25) is 5.91 Å². The number of aromatic nitrogens is 2. The maximum atomic E-state index is 12.4. The highest BCUT2D eigenvalue weighted by Gasteiger charge is 2.16. The molecule has 0 saturated heterocycles. The third-order valence-corrected chi connectivity index (χ3v) is 4.75. The van der Waals surface area contributed by atoms with Gasteiger partial charge in [0, 0.05) is 17.3 Å². The van der Waals surface area contributed by atoms with Crippen LogP contribution >= 0.6 is 11.8 Å². The van der Waals surface area contributed by atoms with Gasteiger partial charge >= 0.3 is 0 Å². The van der Waals surface area contributed by atoms with Crippen LogP contribution in [-0.2, 0) is 4.79 Å². The van der Waals surface area contributed by atoms with E-state index in [4.69, 9.17) is 0 Å². The van der Waals surface area contributed by atoms with Gasteiger partial charge in [-0.1, -0.05) is 59.8 Å². The van der Waals surface area contributed by atoms with E-state index >= 15 is 0 Å². The van der Waals surface area contributed by atoms with Crippen LogP contribution in [-0.4, -0.2) is 21.1 Å². The Kier molecular flexibility index (Phi) is 5.53. The van der Waals surface area contributed by atoms with Crippen LogP contribution in [0.4, 0.5) is 5.69 Å². The zero-order valence-electron chi connectivity index (χ0n) is 14.5. The van der Waals surface area contributed by atoms with Crippen molar-refractivity contribution >= 4 is 23.4 Å². The van der Waals surface area contributed by atoms with E-state index in [1.807, 2.05) is 61.5 Å². The summed E-state index contributed by atoms with van der Waals surface area (Å²) in [5.74, 6) is -0.147. The van der Waals surface area contributed by atoms with Crippen molar-refractivity contribution in [2.75, 3.05) is 5.32 Å². The van der Waals surface area contributed by atoms with Crippen molar-refractivity contribution in [1.82, 2.24) is 9.97 Å². The Labute approximate surface area is 155 Å². The highest BCUT2D eigenvalue weighted by atomic mass is 32.2. The molecule has 1 atom stereocenters. The van der Waals surface area contributed by atoms with Crippen LogP contribution in [0, 0.1) is 6.92 Å². The number of anilines is 1. The lowest BCUT2D eigenvalue weighted by molar-refractivity contribution is -0.115. The van der Waals surface area contributed by atoms with E-state index < -0.39 is 5.25 Å². The number of nitrogens with zero attached hydrogens (tertiary/aromatic N) is 1. The number of aromatic amines is 1. The number of carbonyl (C=O) groups is 1. The van der Waals surface area contributed by atoms with Gasteiger partial charge in [0.25, 0.3) is 5.56 Å². The van der Waals surface area contributed by atoms with E-state index in [1.165, 1.54) is 17.8 Å². The third-order valence-electron chi connectivity index (χ3n) is 3.77. The van der Waals surface area contributed by atoms with Gasteiger partial charge in [-0.3, -0.25) is 9.59 Å². The summed E-state index contributed by atoms with van der Waals surface area (Å²) in [5, 5.41) is 2.88. The Bertz CT molecular complexity index is 953. The average molecular weight is 365 g/mol. The topological polar surface area (TPSA) is 74.8 Å². The Morgan fingerprint density at radius 1 is 1.12 bits per heavy atom. The number of rotatable bonds is 5. The second-order valence-corrected chi connectivity index (χ2v) is 7.25. The molecule has 0 radical (unpaired) electrons. The number of hydrogen-bond donors (Lipinski definition) is 2. The molecule has 0 saturated carbocycles. The predicted octanol–water partition coefficient (Wildman–Crippen LogP) is 3.86. The van der Waals surface area contributed by atoms with Gasteiger partial charge in [-0.25, -0.2) is 4.98 Å². The van der Waals surface area contributed by atoms with Crippen LogP contribution < -0.4 is 10.9 Å². The lowest BCUT2D eigenvalue weighted by atomic mass is 10.1. The smallest absolute Gasteiger partial charge is 0.252 e. The number of amides is 1. The van der Waals surface area contributed by atoms with E-state index in [0.717, 1.165) is 16.8 Å². The van der Waals surface area contributed by atoms with Gasteiger partial charge in [0.1, 0.15) is 0 Å².